The molecule has 3 nitrogen and oxygen atoms in total. The van der Waals surface area contributed by atoms with Crippen LogP contribution in [0, 0.1) is 23.2 Å². The third-order valence-electron chi connectivity index (χ3n) is 5.42. The summed E-state index contributed by atoms with van der Waals surface area (Å²) in [5, 5.41) is 20.9. The Kier molecular flexibility index (Phi) is 3.35. The molecule has 0 aliphatic heterocycles. The van der Waals surface area contributed by atoms with Gasteiger partial charge in [0.25, 0.3) is 0 Å². The Morgan fingerprint density at radius 3 is 2.39 bits per heavy atom. The second-order valence-electron chi connectivity index (χ2n) is 7.14. The van der Waals surface area contributed by atoms with Crippen LogP contribution in [-0.2, 0) is 4.79 Å². The molecule has 2 aliphatic carbocycles. The zero-order chi connectivity index (χ0) is 13.7. The highest BCUT2D eigenvalue weighted by Gasteiger charge is 2.59. The summed E-state index contributed by atoms with van der Waals surface area (Å²) in [6.45, 7) is 7.88. The minimum Gasteiger partial charge on any atom is -0.393 e. The number of rotatable bonds is 1. The molecule has 0 aromatic rings. The molecule has 2 rings (SSSR count). The van der Waals surface area contributed by atoms with Crippen LogP contribution < -0.4 is 0 Å². The zero-order valence-electron chi connectivity index (χ0n) is 11.9. The summed E-state index contributed by atoms with van der Waals surface area (Å²) in [7, 11) is 0. The molecule has 0 heterocycles. The predicted octanol–water partition coefficient (Wildman–Crippen LogP) is 2.15. The molecule has 2 saturated carbocycles. The fraction of sp³-hybridized carbons (Fsp3) is 0.933. The van der Waals surface area contributed by atoms with Crippen LogP contribution in [0.15, 0.2) is 0 Å². The van der Waals surface area contributed by atoms with Gasteiger partial charge in [0.1, 0.15) is 5.78 Å². The van der Waals surface area contributed by atoms with Crippen molar-refractivity contribution in [1.29, 1.82) is 0 Å². The van der Waals surface area contributed by atoms with Crippen molar-refractivity contribution in [3.8, 4) is 0 Å². The number of carbonyl (C=O) groups excluding carboxylic acids is 1. The van der Waals surface area contributed by atoms with Gasteiger partial charge in [-0.15, -0.1) is 0 Å². The summed E-state index contributed by atoms with van der Waals surface area (Å²) >= 11 is 0. The van der Waals surface area contributed by atoms with E-state index in [1.807, 2.05) is 6.92 Å². The summed E-state index contributed by atoms with van der Waals surface area (Å²) in [6, 6.07) is 0. The zero-order valence-corrected chi connectivity index (χ0v) is 11.9. The largest absolute Gasteiger partial charge is 0.393 e. The number of Topliss-reactive ketones (excluding diaryl/α,β-unsaturated/α-hetero) is 1. The van der Waals surface area contributed by atoms with Crippen molar-refractivity contribution in [2.45, 2.75) is 65.1 Å². The van der Waals surface area contributed by atoms with Crippen LogP contribution in [0.4, 0.5) is 0 Å². The minimum atomic E-state index is -0.960. The molecule has 2 fully saturated rings. The molecule has 0 amide bonds. The SMILES string of the molecule is CC(C)[C@@H]1CC[C@]2(C)C(C1=O)[C@@](C)(O)CC[C@@H]2O. The fourth-order valence-electron chi connectivity index (χ4n) is 4.23. The van der Waals surface area contributed by atoms with Gasteiger partial charge in [0.05, 0.1) is 17.6 Å². The molecular weight excluding hydrogens is 228 g/mol. The average molecular weight is 254 g/mol. The van der Waals surface area contributed by atoms with Crippen LogP contribution in [0.5, 0.6) is 0 Å². The number of hydrogen-bond acceptors (Lipinski definition) is 3. The van der Waals surface area contributed by atoms with E-state index in [-0.39, 0.29) is 11.7 Å². The van der Waals surface area contributed by atoms with Crippen molar-refractivity contribution in [3.63, 3.8) is 0 Å². The average Bonchev–Trinajstić information content (AvgIpc) is 2.23. The van der Waals surface area contributed by atoms with Crippen molar-refractivity contribution in [1.82, 2.24) is 0 Å². The Morgan fingerprint density at radius 2 is 1.83 bits per heavy atom. The van der Waals surface area contributed by atoms with Gasteiger partial charge in [0.15, 0.2) is 0 Å². The molecule has 5 atom stereocenters. The summed E-state index contributed by atoms with van der Waals surface area (Å²) in [5.41, 5.74) is -1.40. The topological polar surface area (TPSA) is 57.5 Å². The molecule has 3 heteroatoms. The van der Waals surface area contributed by atoms with Gasteiger partial charge in [-0.2, -0.15) is 0 Å². The lowest BCUT2D eigenvalue weighted by Gasteiger charge is -2.55. The van der Waals surface area contributed by atoms with E-state index in [0.29, 0.717) is 18.8 Å². The van der Waals surface area contributed by atoms with E-state index in [9.17, 15) is 15.0 Å². The first kappa shape index (κ1) is 14.0. The minimum absolute atomic E-state index is 0.0415. The number of aliphatic hydroxyl groups excluding tert-OH is 1. The molecule has 2 N–H and O–H groups in total. The quantitative estimate of drug-likeness (QED) is 0.754. The van der Waals surface area contributed by atoms with Gasteiger partial charge in [-0.1, -0.05) is 20.8 Å². The number of aliphatic hydroxyl groups is 2. The highest BCUT2D eigenvalue weighted by molar-refractivity contribution is 5.86. The molecule has 0 radical (unpaired) electrons. The van der Waals surface area contributed by atoms with Gasteiger partial charge < -0.3 is 10.2 Å². The molecule has 104 valence electrons. The van der Waals surface area contributed by atoms with Crippen LogP contribution in [-0.4, -0.2) is 27.7 Å². The van der Waals surface area contributed by atoms with E-state index in [1.54, 1.807) is 6.92 Å². The smallest absolute Gasteiger partial charge is 0.142 e. The van der Waals surface area contributed by atoms with E-state index in [4.69, 9.17) is 0 Å². The van der Waals surface area contributed by atoms with Crippen LogP contribution in [0.2, 0.25) is 0 Å². The summed E-state index contributed by atoms with van der Waals surface area (Å²) in [5.74, 6) is 0.120. The third-order valence-corrected chi connectivity index (χ3v) is 5.42. The van der Waals surface area contributed by atoms with Gasteiger partial charge in [0, 0.05) is 11.3 Å². The summed E-state index contributed by atoms with van der Waals surface area (Å²) in [6.07, 6.45) is 2.34. The molecule has 2 aliphatic rings. The van der Waals surface area contributed by atoms with Crippen molar-refractivity contribution in [2.24, 2.45) is 23.2 Å². The van der Waals surface area contributed by atoms with Gasteiger partial charge in [-0.05, 0) is 38.5 Å². The summed E-state index contributed by atoms with van der Waals surface area (Å²) < 4.78 is 0. The Morgan fingerprint density at radius 1 is 1.22 bits per heavy atom. The Balaban J connectivity index is 2.38. The molecular formula is C15H26O3. The van der Waals surface area contributed by atoms with E-state index < -0.39 is 23.0 Å². The highest BCUT2D eigenvalue weighted by Crippen LogP contribution is 2.54. The summed E-state index contributed by atoms with van der Waals surface area (Å²) in [4.78, 5) is 12.7. The first-order chi connectivity index (χ1) is 8.20. The Bertz CT molecular complexity index is 348. The Labute approximate surface area is 110 Å². The first-order valence-electron chi connectivity index (χ1n) is 7.14. The molecule has 0 aromatic carbocycles. The predicted molar refractivity (Wildman–Crippen MR) is 70.0 cm³/mol. The molecule has 0 saturated heterocycles. The number of ketones is 1. The lowest BCUT2D eigenvalue weighted by molar-refractivity contribution is -0.184. The van der Waals surface area contributed by atoms with Crippen molar-refractivity contribution >= 4 is 5.78 Å². The number of hydrogen-bond donors (Lipinski definition) is 2. The molecule has 0 bridgehead atoms. The normalized spacial score (nSPS) is 49.3. The maximum Gasteiger partial charge on any atom is 0.142 e. The van der Waals surface area contributed by atoms with Crippen molar-refractivity contribution in [2.75, 3.05) is 0 Å². The highest BCUT2D eigenvalue weighted by atomic mass is 16.3. The van der Waals surface area contributed by atoms with Gasteiger partial charge >= 0.3 is 0 Å². The van der Waals surface area contributed by atoms with E-state index >= 15 is 0 Å². The second-order valence-corrected chi connectivity index (χ2v) is 7.14. The Hall–Kier alpha value is -0.410. The van der Waals surface area contributed by atoms with E-state index in [0.717, 1.165) is 12.8 Å². The number of carbonyl (C=O) groups is 1. The first-order valence-corrected chi connectivity index (χ1v) is 7.14. The molecule has 0 spiro atoms. The van der Waals surface area contributed by atoms with Crippen LogP contribution in [0.25, 0.3) is 0 Å². The monoisotopic (exact) mass is 254 g/mol. The van der Waals surface area contributed by atoms with Crippen LogP contribution in [0.1, 0.15) is 53.4 Å². The molecule has 1 unspecified atom stereocenters. The standard InChI is InChI=1S/C15H26O3/c1-9(2)10-5-7-14(3)11(16)6-8-15(4,18)13(14)12(10)17/h9-11,13,16,18H,5-8H2,1-4H3/t10-,11-,13?,14-,15-/m0/s1. The van der Waals surface area contributed by atoms with Crippen molar-refractivity contribution in [3.05, 3.63) is 0 Å². The van der Waals surface area contributed by atoms with E-state index in [2.05, 4.69) is 13.8 Å². The fourth-order valence-corrected chi connectivity index (χ4v) is 4.23. The van der Waals surface area contributed by atoms with E-state index in [1.165, 1.54) is 0 Å². The van der Waals surface area contributed by atoms with Gasteiger partial charge in [0.2, 0.25) is 0 Å². The number of fused-ring (bicyclic) bond motifs is 1. The maximum absolute atomic E-state index is 12.7. The lowest BCUT2D eigenvalue weighted by Crippen LogP contribution is -2.61. The molecule has 0 aromatic heterocycles. The molecule has 18 heavy (non-hydrogen) atoms. The van der Waals surface area contributed by atoms with Crippen LogP contribution >= 0.6 is 0 Å². The third kappa shape index (κ3) is 1.92. The second kappa shape index (κ2) is 4.31. The van der Waals surface area contributed by atoms with Crippen molar-refractivity contribution < 1.29 is 15.0 Å². The maximum atomic E-state index is 12.7. The van der Waals surface area contributed by atoms with Crippen LogP contribution in [0.3, 0.4) is 0 Å². The van der Waals surface area contributed by atoms with Gasteiger partial charge in [-0.3, -0.25) is 4.79 Å². The van der Waals surface area contributed by atoms with Gasteiger partial charge in [-0.25, -0.2) is 0 Å². The lowest BCUT2D eigenvalue weighted by atomic mass is 9.51.